The van der Waals surface area contributed by atoms with Crippen molar-refractivity contribution in [3.63, 3.8) is 0 Å². The first-order valence-electron chi connectivity index (χ1n) is 10.2. The minimum atomic E-state index is 0.331. The molecule has 1 fully saturated rings. The van der Waals surface area contributed by atoms with Crippen molar-refractivity contribution in [1.29, 1.82) is 5.26 Å². The molecule has 0 aliphatic heterocycles. The van der Waals surface area contributed by atoms with Gasteiger partial charge in [0.2, 0.25) is 0 Å². The van der Waals surface area contributed by atoms with Crippen LogP contribution in [0, 0.1) is 11.3 Å². The summed E-state index contributed by atoms with van der Waals surface area (Å²) >= 11 is 0. The highest BCUT2D eigenvalue weighted by molar-refractivity contribution is 5.97. The molecule has 0 radical (unpaired) electrons. The van der Waals surface area contributed by atoms with Gasteiger partial charge in [-0.15, -0.1) is 0 Å². The number of nitrogens with two attached hydrogens (primary N) is 1. The van der Waals surface area contributed by atoms with Crippen LogP contribution >= 0.6 is 0 Å². The quantitative estimate of drug-likeness (QED) is 0.491. The van der Waals surface area contributed by atoms with E-state index in [1.807, 2.05) is 12.1 Å². The van der Waals surface area contributed by atoms with Crippen molar-refractivity contribution < 1.29 is 0 Å². The number of nitrogens with zero attached hydrogens (tertiary/aromatic N) is 2. The Balaban J connectivity index is 1.52. The van der Waals surface area contributed by atoms with Gasteiger partial charge in [0.1, 0.15) is 6.07 Å². The normalized spacial score (nSPS) is 17.5. The van der Waals surface area contributed by atoms with Crippen molar-refractivity contribution in [1.82, 2.24) is 4.98 Å². The van der Waals surface area contributed by atoms with Crippen LogP contribution < -0.4 is 11.1 Å². The maximum absolute atomic E-state index is 9.70. The lowest BCUT2D eigenvalue weighted by molar-refractivity contribution is 1.05. The lowest BCUT2D eigenvalue weighted by atomic mass is 10.00. The fourth-order valence-electron chi connectivity index (χ4n) is 4.05. The Kier molecular flexibility index (Phi) is 4.66. The van der Waals surface area contributed by atoms with Gasteiger partial charge < -0.3 is 11.1 Å². The molecular weight excluding hydrogens is 368 g/mol. The average molecular weight is 390 g/mol. The maximum Gasteiger partial charge on any atom is 0.103 e. The number of aromatic nitrogens is 1. The molecule has 1 saturated carbocycles. The van der Waals surface area contributed by atoms with Crippen LogP contribution in [0.15, 0.2) is 79.0 Å². The highest BCUT2D eigenvalue weighted by Gasteiger charge is 2.38. The standard InChI is InChI=1S/C26H22N4/c27-14-17-6-8-18(9-7-17)20-10-11-24-23(12-20)26(21(15-28)16-29-24)30-25-13-22(25)19-4-2-1-3-5-19/h1-12,16,22,25H,13-14,27H2,(H,29,30)/t22-,25+/m0/s1. The molecule has 4 heteroatoms. The van der Waals surface area contributed by atoms with Gasteiger partial charge in [-0.25, -0.2) is 0 Å². The molecule has 0 amide bonds. The van der Waals surface area contributed by atoms with Crippen molar-refractivity contribution in [2.24, 2.45) is 5.73 Å². The smallest absolute Gasteiger partial charge is 0.103 e. The molecule has 1 aliphatic rings. The Labute approximate surface area is 176 Å². The maximum atomic E-state index is 9.70. The van der Waals surface area contributed by atoms with Crippen molar-refractivity contribution >= 4 is 16.6 Å². The summed E-state index contributed by atoms with van der Waals surface area (Å²) in [5.74, 6) is 0.480. The number of nitriles is 1. The van der Waals surface area contributed by atoms with Gasteiger partial charge in [0, 0.05) is 30.1 Å². The van der Waals surface area contributed by atoms with Crippen molar-refractivity contribution in [3.8, 4) is 17.2 Å². The minimum absolute atomic E-state index is 0.331. The van der Waals surface area contributed by atoms with Crippen LogP contribution in [-0.2, 0) is 6.54 Å². The van der Waals surface area contributed by atoms with Crippen molar-refractivity contribution in [2.75, 3.05) is 5.32 Å². The molecule has 3 N–H and O–H groups in total. The monoisotopic (exact) mass is 390 g/mol. The van der Waals surface area contributed by atoms with E-state index in [1.165, 1.54) is 5.56 Å². The van der Waals surface area contributed by atoms with E-state index in [2.05, 4.69) is 77.0 Å². The summed E-state index contributed by atoms with van der Waals surface area (Å²) in [5, 5.41) is 14.3. The van der Waals surface area contributed by atoms with Gasteiger partial charge in [0.05, 0.1) is 16.8 Å². The van der Waals surface area contributed by atoms with E-state index in [1.54, 1.807) is 6.20 Å². The van der Waals surface area contributed by atoms with Gasteiger partial charge in [-0.05, 0) is 40.8 Å². The molecule has 4 nitrogen and oxygen atoms in total. The van der Waals surface area contributed by atoms with Gasteiger partial charge in [-0.1, -0.05) is 60.7 Å². The largest absolute Gasteiger partial charge is 0.380 e. The Morgan fingerprint density at radius 2 is 1.77 bits per heavy atom. The number of rotatable bonds is 5. The molecule has 5 rings (SSSR count). The van der Waals surface area contributed by atoms with Crippen LogP contribution in [-0.4, -0.2) is 11.0 Å². The third-order valence-electron chi connectivity index (χ3n) is 5.86. The Hall–Kier alpha value is -3.68. The zero-order chi connectivity index (χ0) is 20.5. The first-order valence-corrected chi connectivity index (χ1v) is 10.2. The highest BCUT2D eigenvalue weighted by atomic mass is 15.0. The molecule has 0 spiro atoms. The van der Waals surface area contributed by atoms with Crippen LogP contribution in [0.1, 0.15) is 29.0 Å². The third kappa shape index (κ3) is 3.41. The molecule has 4 aromatic rings. The number of pyridine rings is 1. The van der Waals surface area contributed by atoms with E-state index in [0.29, 0.717) is 24.1 Å². The summed E-state index contributed by atoms with van der Waals surface area (Å²) in [6.45, 7) is 0.533. The lowest BCUT2D eigenvalue weighted by Gasteiger charge is -2.13. The molecule has 0 saturated heterocycles. The van der Waals surface area contributed by atoms with Crippen molar-refractivity contribution in [3.05, 3.63) is 95.7 Å². The van der Waals surface area contributed by atoms with Crippen LogP contribution in [0.5, 0.6) is 0 Å². The minimum Gasteiger partial charge on any atom is -0.380 e. The number of nitrogens with one attached hydrogen (secondary N) is 1. The zero-order valence-corrected chi connectivity index (χ0v) is 16.5. The topological polar surface area (TPSA) is 74.7 Å². The van der Waals surface area contributed by atoms with Gasteiger partial charge in [-0.3, -0.25) is 4.98 Å². The van der Waals surface area contributed by atoms with Crippen LogP contribution in [0.25, 0.3) is 22.0 Å². The van der Waals surface area contributed by atoms with Crippen LogP contribution in [0.2, 0.25) is 0 Å². The second-order valence-electron chi connectivity index (χ2n) is 7.80. The van der Waals surface area contributed by atoms with E-state index >= 15 is 0 Å². The molecule has 1 aromatic heterocycles. The van der Waals surface area contributed by atoms with Gasteiger partial charge in [0.25, 0.3) is 0 Å². The Bertz CT molecular complexity index is 1240. The van der Waals surface area contributed by atoms with Gasteiger partial charge >= 0.3 is 0 Å². The van der Waals surface area contributed by atoms with E-state index < -0.39 is 0 Å². The second kappa shape index (κ2) is 7.62. The SMILES string of the molecule is N#Cc1cnc2ccc(-c3ccc(CN)cc3)cc2c1N[C@@H]1C[C@H]1c1ccccc1. The molecule has 30 heavy (non-hydrogen) atoms. The molecule has 2 atom stereocenters. The summed E-state index contributed by atoms with van der Waals surface area (Å²) in [6, 6.07) is 27.7. The predicted molar refractivity (Wildman–Crippen MR) is 121 cm³/mol. The van der Waals surface area contributed by atoms with Crippen LogP contribution in [0.4, 0.5) is 5.69 Å². The molecule has 1 aliphatic carbocycles. The zero-order valence-electron chi connectivity index (χ0n) is 16.5. The number of fused-ring (bicyclic) bond motifs is 1. The van der Waals surface area contributed by atoms with Gasteiger partial charge in [0.15, 0.2) is 0 Å². The predicted octanol–water partition coefficient (Wildman–Crippen LogP) is 5.20. The molecule has 0 bridgehead atoms. The fourth-order valence-corrected chi connectivity index (χ4v) is 4.05. The summed E-state index contributed by atoms with van der Waals surface area (Å²) in [6.07, 6.45) is 2.74. The average Bonchev–Trinajstić information content (AvgIpc) is 3.59. The third-order valence-corrected chi connectivity index (χ3v) is 5.86. The summed E-state index contributed by atoms with van der Waals surface area (Å²) in [7, 11) is 0. The van der Waals surface area contributed by atoms with Crippen molar-refractivity contribution in [2.45, 2.75) is 24.9 Å². The number of benzene rings is 3. The van der Waals surface area contributed by atoms with E-state index in [4.69, 9.17) is 5.73 Å². The molecule has 1 heterocycles. The molecular formula is C26H22N4. The summed E-state index contributed by atoms with van der Waals surface area (Å²) in [5.41, 5.74) is 12.7. The van der Waals surface area contributed by atoms with E-state index in [9.17, 15) is 5.26 Å². The van der Waals surface area contributed by atoms with Crippen LogP contribution in [0.3, 0.4) is 0 Å². The van der Waals surface area contributed by atoms with E-state index in [0.717, 1.165) is 39.7 Å². The Morgan fingerprint density at radius 1 is 1.00 bits per heavy atom. The fraction of sp³-hybridized carbons (Fsp3) is 0.154. The second-order valence-corrected chi connectivity index (χ2v) is 7.80. The lowest BCUT2D eigenvalue weighted by Crippen LogP contribution is -2.07. The first kappa shape index (κ1) is 18.4. The summed E-state index contributed by atoms with van der Waals surface area (Å²) in [4.78, 5) is 4.50. The number of hydrogen-bond donors (Lipinski definition) is 2. The highest BCUT2D eigenvalue weighted by Crippen LogP contribution is 2.44. The molecule has 3 aromatic carbocycles. The molecule has 146 valence electrons. The number of anilines is 1. The summed E-state index contributed by atoms with van der Waals surface area (Å²) < 4.78 is 0. The van der Waals surface area contributed by atoms with Gasteiger partial charge in [-0.2, -0.15) is 5.26 Å². The molecule has 0 unspecified atom stereocenters. The Morgan fingerprint density at radius 3 is 2.50 bits per heavy atom. The van der Waals surface area contributed by atoms with E-state index in [-0.39, 0.29) is 0 Å². The first-order chi connectivity index (χ1) is 14.8. The number of hydrogen-bond acceptors (Lipinski definition) is 4.